The summed E-state index contributed by atoms with van der Waals surface area (Å²) in [6, 6.07) is 3.28. The van der Waals surface area contributed by atoms with E-state index in [-0.39, 0.29) is 5.56 Å². The van der Waals surface area contributed by atoms with Crippen molar-refractivity contribution >= 4 is 5.97 Å². The van der Waals surface area contributed by atoms with Crippen molar-refractivity contribution in [3.05, 3.63) is 29.6 Å². The van der Waals surface area contributed by atoms with Crippen molar-refractivity contribution in [3.8, 4) is 0 Å². The van der Waals surface area contributed by atoms with Crippen LogP contribution in [0.3, 0.4) is 0 Å². The molecule has 1 aromatic rings. The smallest absolute Gasteiger partial charge is 0.337 e. The Morgan fingerprint density at radius 2 is 2.32 bits per heavy atom. The van der Waals surface area contributed by atoms with E-state index in [1.54, 1.807) is 12.1 Å². The molecule has 1 heterocycles. The van der Waals surface area contributed by atoms with Crippen molar-refractivity contribution < 1.29 is 14.6 Å². The molecule has 2 atom stereocenters. The first-order valence-electron chi connectivity index (χ1n) is 6.91. The molecule has 1 aromatic heterocycles. The van der Waals surface area contributed by atoms with E-state index in [0.29, 0.717) is 12.5 Å². The maximum Gasteiger partial charge on any atom is 0.337 e. The van der Waals surface area contributed by atoms with E-state index < -0.39 is 5.97 Å². The Morgan fingerprint density at radius 3 is 2.95 bits per heavy atom. The third kappa shape index (κ3) is 4.31. The number of carbonyl (C=O) groups is 1. The first kappa shape index (κ1) is 14.0. The average Bonchev–Trinajstić information content (AvgIpc) is 2.39. The van der Waals surface area contributed by atoms with Crippen molar-refractivity contribution in [2.45, 2.75) is 39.2 Å². The number of carboxylic acid groups (broad SMARTS) is 1. The molecule has 2 rings (SSSR count). The fourth-order valence-electron chi connectivity index (χ4n) is 2.68. The third-order valence-corrected chi connectivity index (χ3v) is 3.72. The number of nitrogens with zero attached hydrogens (tertiary/aromatic N) is 1. The molecule has 1 aliphatic carbocycles. The summed E-state index contributed by atoms with van der Waals surface area (Å²) < 4.78 is 5.70. The molecule has 104 valence electrons. The van der Waals surface area contributed by atoms with Gasteiger partial charge in [0, 0.05) is 12.8 Å². The molecule has 0 bridgehead atoms. The summed E-state index contributed by atoms with van der Waals surface area (Å²) in [5.74, 6) is 0.536. The highest BCUT2D eigenvalue weighted by atomic mass is 16.5. The third-order valence-electron chi connectivity index (χ3n) is 3.72. The lowest BCUT2D eigenvalue weighted by Gasteiger charge is -2.26. The van der Waals surface area contributed by atoms with Crippen LogP contribution in [0, 0.1) is 11.8 Å². The zero-order valence-electron chi connectivity index (χ0n) is 11.3. The molecular weight excluding hydrogens is 242 g/mol. The Bertz CT molecular complexity index is 416. The van der Waals surface area contributed by atoms with Crippen LogP contribution in [0.2, 0.25) is 0 Å². The van der Waals surface area contributed by atoms with E-state index in [1.165, 1.54) is 31.9 Å². The van der Waals surface area contributed by atoms with Gasteiger partial charge in [0.1, 0.15) is 0 Å². The number of hydrogen-bond donors (Lipinski definition) is 1. The van der Waals surface area contributed by atoms with E-state index in [2.05, 4.69) is 11.9 Å². The molecule has 2 unspecified atom stereocenters. The van der Waals surface area contributed by atoms with Gasteiger partial charge in [-0.25, -0.2) is 4.79 Å². The molecule has 1 N–H and O–H groups in total. The van der Waals surface area contributed by atoms with E-state index >= 15 is 0 Å². The molecule has 4 nitrogen and oxygen atoms in total. The van der Waals surface area contributed by atoms with Crippen molar-refractivity contribution in [2.75, 3.05) is 6.61 Å². The molecule has 0 radical (unpaired) electrons. The zero-order chi connectivity index (χ0) is 13.7. The fourth-order valence-corrected chi connectivity index (χ4v) is 2.68. The van der Waals surface area contributed by atoms with Gasteiger partial charge in [-0.3, -0.25) is 4.98 Å². The van der Waals surface area contributed by atoms with E-state index in [0.717, 1.165) is 18.2 Å². The predicted octanol–water partition coefficient (Wildman–Crippen LogP) is 3.12. The van der Waals surface area contributed by atoms with Gasteiger partial charge in [-0.05, 0) is 36.8 Å². The van der Waals surface area contributed by atoms with Crippen LogP contribution in [0.25, 0.3) is 0 Å². The lowest BCUT2D eigenvalue weighted by Crippen LogP contribution is -2.18. The Labute approximate surface area is 113 Å². The monoisotopic (exact) mass is 263 g/mol. The van der Waals surface area contributed by atoms with Gasteiger partial charge in [-0.15, -0.1) is 0 Å². The molecular formula is C15H21NO3. The number of carboxylic acids is 1. The van der Waals surface area contributed by atoms with Crippen molar-refractivity contribution in [1.82, 2.24) is 4.98 Å². The fraction of sp³-hybridized carbons (Fsp3) is 0.600. The minimum absolute atomic E-state index is 0.213. The Kier molecular flexibility index (Phi) is 4.91. The van der Waals surface area contributed by atoms with Gasteiger partial charge < -0.3 is 9.84 Å². The highest BCUT2D eigenvalue weighted by Crippen LogP contribution is 2.28. The summed E-state index contributed by atoms with van der Waals surface area (Å²) in [6.45, 7) is 3.55. The highest BCUT2D eigenvalue weighted by molar-refractivity contribution is 5.87. The van der Waals surface area contributed by atoms with Crippen LogP contribution >= 0.6 is 0 Å². The zero-order valence-corrected chi connectivity index (χ0v) is 11.3. The first-order valence-corrected chi connectivity index (χ1v) is 6.91. The molecule has 0 saturated heterocycles. The van der Waals surface area contributed by atoms with Gasteiger partial charge in [-0.1, -0.05) is 19.8 Å². The predicted molar refractivity (Wildman–Crippen MR) is 72.0 cm³/mol. The summed E-state index contributed by atoms with van der Waals surface area (Å²) in [5.41, 5.74) is 0.999. The number of rotatable bonds is 5. The van der Waals surface area contributed by atoms with Gasteiger partial charge in [0.15, 0.2) is 0 Å². The van der Waals surface area contributed by atoms with Crippen LogP contribution in [0.5, 0.6) is 0 Å². The Balaban J connectivity index is 1.74. The van der Waals surface area contributed by atoms with Gasteiger partial charge in [0.05, 0.1) is 17.9 Å². The minimum atomic E-state index is -0.948. The summed E-state index contributed by atoms with van der Waals surface area (Å²) >= 11 is 0. The average molecular weight is 263 g/mol. The summed E-state index contributed by atoms with van der Waals surface area (Å²) in [6.07, 6.45) is 6.54. The van der Waals surface area contributed by atoms with E-state index in [9.17, 15) is 4.79 Å². The summed E-state index contributed by atoms with van der Waals surface area (Å²) in [4.78, 5) is 14.8. The molecule has 0 spiro atoms. The normalized spacial score (nSPS) is 23.2. The molecule has 19 heavy (non-hydrogen) atoms. The van der Waals surface area contributed by atoms with Crippen LogP contribution in [-0.2, 0) is 11.3 Å². The summed E-state index contributed by atoms with van der Waals surface area (Å²) in [5, 5.41) is 8.78. The molecule has 1 aliphatic rings. The molecule has 0 aliphatic heterocycles. The molecule has 1 fully saturated rings. The van der Waals surface area contributed by atoms with Gasteiger partial charge in [-0.2, -0.15) is 0 Å². The Hall–Kier alpha value is -1.42. The van der Waals surface area contributed by atoms with Gasteiger partial charge in [0.25, 0.3) is 0 Å². The quantitative estimate of drug-likeness (QED) is 0.886. The number of pyridine rings is 1. The number of ether oxygens (including phenoxy) is 1. The Morgan fingerprint density at radius 1 is 1.47 bits per heavy atom. The standard InChI is InChI=1S/C15H21NO3/c1-11-3-2-4-12(7-11)9-19-10-14-6-5-13(8-16-14)15(17)18/h5-6,8,11-12H,2-4,7,9-10H2,1H3,(H,17,18). The molecule has 0 aromatic carbocycles. The van der Waals surface area contributed by atoms with Gasteiger partial charge in [0.2, 0.25) is 0 Å². The second-order valence-electron chi connectivity index (χ2n) is 5.50. The lowest BCUT2D eigenvalue weighted by atomic mass is 9.83. The van der Waals surface area contributed by atoms with E-state index in [4.69, 9.17) is 9.84 Å². The maximum atomic E-state index is 10.7. The topological polar surface area (TPSA) is 59.4 Å². The minimum Gasteiger partial charge on any atom is -0.478 e. The second-order valence-corrected chi connectivity index (χ2v) is 5.50. The van der Waals surface area contributed by atoms with Crippen molar-refractivity contribution in [2.24, 2.45) is 11.8 Å². The first-order chi connectivity index (χ1) is 9.15. The number of hydrogen-bond acceptors (Lipinski definition) is 3. The van der Waals surface area contributed by atoms with Crippen LogP contribution in [0.15, 0.2) is 18.3 Å². The molecule has 0 amide bonds. The van der Waals surface area contributed by atoms with Crippen molar-refractivity contribution in [1.29, 1.82) is 0 Å². The largest absolute Gasteiger partial charge is 0.478 e. The maximum absolute atomic E-state index is 10.7. The van der Waals surface area contributed by atoms with Crippen LogP contribution in [0.4, 0.5) is 0 Å². The van der Waals surface area contributed by atoms with Crippen LogP contribution in [0.1, 0.15) is 48.7 Å². The lowest BCUT2D eigenvalue weighted by molar-refractivity contribution is 0.0638. The number of aromatic carboxylic acids is 1. The van der Waals surface area contributed by atoms with E-state index in [1.807, 2.05) is 0 Å². The van der Waals surface area contributed by atoms with Crippen LogP contribution < -0.4 is 0 Å². The van der Waals surface area contributed by atoms with Crippen LogP contribution in [-0.4, -0.2) is 22.7 Å². The summed E-state index contributed by atoms with van der Waals surface area (Å²) in [7, 11) is 0. The second kappa shape index (κ2) is 6.66. The number of aromatic nitrogens is 1. The van der Waals surface area contributed by atoms with Crippen molar-refractivity contribution in [3.63, 3.8) is 0 Å². The molecule has 4 heteroatoms. The van der Waals surface area contributed by atoms with Gasteiger partial charge >= 0.3 is 5.97 Å². The molecule has 1 saturated carbocycles. The highest BCUT2D eigenvalue weighted by Gasteiger charge is 2.18. The SMILES string of the molecule is CC1CCCC(COCc2ccc(C(=O)O)cn2)C1.